The average Bonchev–Trinajstić information content (AvgIpc) is 2.72. The number of amides is 1. The summed E-state index contributed by atoms with van der Waals surface area (Å²) in [6.45, 7) is 3.98. The Hall–Kier alpha value is -3.77. The summed E-state index contributed by atoms with van der Waals surface area (Å²) in [5.74, 6) is 0.603. The molecule has 0 saturated carbocycles. The Bertz CT molecular complexity index is 908. The van der Waals surface area contributed by atoms with Crippen LogP contribution >= 0.6 is 0 Å². The van der Waals surface area contributed by atoms with E-state index in [1.165, 1.54) is 6.08 Å². The van der Waals surface area contributed by atoms with Crippen LogP contribution in [0.3, 0.4) is 0 Å². The Balaban J connectivity index is 2.04. The minimum Gasteiger partial charge on any atom is -0.490 e. The van der Waals surface area contributed by atoms with Crippen molar-refractivity contribution in [2.24, 2.45) is 0 Å². The number of ether oxygens (including phenoxy) is 2. The van der Waals surface area contributed by atoms with Gasteiger partial charge in [0.25, 0.3) is 5.91 Å². The van der Waals surface area contributed by atoms with Gasteiger partial charge in [-0.05, 0) is 43.2 Å². The Labute approximate surface area is 164 Å². The molecule has 0 heterocycles. The topological polar surface area (TPSA) is 95.1 Å². The molecule has 6 heteroatoms. The first kappa shape index (κ1) is 20.5. The van der Waals surface area contributed by atoms with Crippen molar-refractivity contribution >= 4 is 12.0 Å². The predicted molar refractivity (Wildman–Crippen MR) is 105 cm³/mol. The first-order valence-electron chi connectivity index (χ1n) is 8.83. The van der Waals surface area contributed by atoms with Crippen LogP contribution in [-0.4, -0.2) is 19.1 Å². The number of allylic oxidation sites excluding steroid dienone is 1. The summed E-state index contributed by atoms with van der Waals surface area (Å²) < 4.78 is 11.2. The third-order valence-corrected chi connectivity index (χ3v) is 3.86. The second-order valence-electron chi connectivity index (χ2n) is 5.91. The van der Waals surface area contributed by atoms with Crippen molar-refractivity contribution in [1.29, 1.82) is 10.5 Å². The molecular formula is C22H21N3O3. The second-order valence-corrected chi connectivity index (χ2v) is 5.91. The summed E-state index contributed by atoms with van der Waals surface area (Å²) in [6, 6.07) is 18.2. The molecule has 0 bridgehead atoms. The molecule has 2 rings (SSSR count). The number of nitrogens with zero attached hydrogens (tertiary/aromatic N) is 2. The molecule has 0 radical (unpaired) electrons. The van der Waals surface area contributed by atoms with Crippen LogP contribution in [0.15, 0.2) is 54.1 Å². The monoisotopic (exact) mass is 375 g/mol. The third-order valence-electron chi connectivity index (χ3n) is 3.86. The SMILES string of the molecule is CCOc1cc(C=C(C#N)C#N)ccc1OCC(=O)NC(C)c1ccccc1. The van der Waals surface area contributed by atoms with Crippen molar-refractivity contribution in [3.8, 4) is 23.6 Å². The van der Waals surface area contributed by atoms with Crippen LogP contribution in [0.25, 0.3) is 6.08 Å². The molecule has 0 aliphatic heterocycles. The van der Waals surface area contributed by atoms with Crippen molar-refractivity contribution in [3.63, 3.8) is 0 Å². The van der Waals surface area contributed by atoms with Gasteiger partial charge in [0.1, 0.15) is 17.7 Å². The fourth-order valence-corrected chi connectivity index (χ4v) is 2.51. The summed E-state index contributed by atoms with van der Waals surface area (Å²) in [4.78, 5) is 12.2. The van der Waals surface area contributed by atoms with E-state index in [1.54, 1.807) is 18.2 Å². The molecular weight excluding hydrogens is 354 g/mol. The van der Waals surface area contributed by atoms with Gasteiger partial charge in [0, 0.05) is 0 Å². The molecule has 0 aliphatic rings. The van der Waals surface area contributed by atoms with Gasteiger partial charge in [-0.2, -0.15) is 10.5 Å². The van der Waals surface area contributed by atoms with E-state index in [-0.39, 0.29) is 24.1 Å². The zero-order chi connectivity index (χ0) is 20.4. The average molecular weight is 375 g/mol. The molecule has 1 N–H and O–H groups in total. The number of nitriles is 2. The first-order chi connectivity index (χ1) is 13.6. The molecule has 2 aromatic carbocycles. The highest BCUT2D eigenvalue weighted by molar-refractivity contribution is 5.78. The van der Waals surface area contributed by atoms with Gasteiger partial charge >= 0.3 is 0 Å². The van der Waals surface area contributed by atoms with E-state index in [0.717, 1.165) is 5.56 Å². The highest BCUT2D eigenvalue weighted by Gasteiger charge is 2.12. The minimum atomic E-state index is -0.251. The molecule has 0 aromatic heterocycles. The van der Waals surface area contributed by atoms with Gasteiger partial charge in [0.15, 0.2) is 18.1 Å². The Morgan fingerprint density at radius 2 is 1.82 bits per heavy atom. The molecule has 6 nitrogen and oxygen atoms in total. The summed E-state index contributed by atoms with van der Waals surface area (Å²) >= 11 is 0. The number of carbonyl (C=O) groups is 1. The fourth-order valence-electron chi connectivity index (χ4n) is 2.51. The normalized spacial score (nSPS) is 10.7. The van der Waals surface area contributed by atoms with E-state index in [9.17, 15) is 4.79 Å². The number of benzene rings is 2. The second kappa shape index (κ2) is 10.4. The summed E-state index contributed by atoms with van der Waals surface area (Å²) in [5, 5.41) is 20.6. The predicted octanol–water partition coefficient (Wildman–Crippen LogP) is 3.77. The van der Waals surface area contributed by atoms with Crippen LogP contribution in [0, 0.1) is 22.7 Å². The highest BCUT2D eigenvalue weighted by Crippen LogP contribution is 2.29. The maximum absolute atomic E-state index is 12.2. The van der Waals surface area contributed by atoms with Gasteiger partial charge in [0.2, 0.25) is 0 Å². The van der Waals surface area contributed by atoms with Crippen molar-refractivity contribution in [2.75, 3.05) is 13.2 Å². The molecule has 1 unspecified atom stereocenters. The molecule has 0 spiro atoms. The first-order valence-corrected chi connectivity index (χ1v) is 8.83. The quantitative estimate of drug-likeness (QED) is 0.709. The van der Waals surface area contributed by atoms with E-state index in [2.05, 4.69) is 5.32 Å². The molecule has 0 fully saturated rings. The van der Waals surface area contributed by atoms with Crippen molar-refractivity contribution in [2.45, 2.75) is 19.9 Å². The van der Waals surface area contributed by atoms with Gasteiger partial charge in [-0.15, -0.1) is 0 Å². The molecule has 0 aliphatic carbocycles. The van der Waals surface area contributed by atoms with Crippen LogP contribution in [0.5, 0.6) is 11.5 Å². The van der Waals surface area contributed by atoms with Crippen LogP contribution in [0.1, 0.15) is 31.0 Å². The minimum absolute atomic E-state index is 0.00889. The van der Waals surface area contributed by atoms with E-state index in [4.69, 9.17) is 20.0 Å². The number of hydrogen-bond donors (Lipinski definition) is 1. The van der Waals surface area contributed by atoms with Gasteiger partial charge in [-0.25, -0.2) is 0 Å². The molecule has 142 valence electrons. The third kappa shape index (κ3) is 5.89. The van der Waals surface area contributed by atoms with Gasteiger partial charge in [-0.3, -0.25) is 4.79 Å². The largest absolute Gasteiger partial charge is 0.490 e. The molecule has 1 atom stereocenters. The van der Waals surface area contributed by atoms with E-state index >= 15 is 0 Å². The Kier molecular flexibility index (Phi) is 7.63. The van der Waals surface area contributed by atoms with E-state index in [1.807, 2.05) is 56.3 Å². The van der Waals surface area contributed by atoms with Crippen LogP contribution in [0.4, 0.5) is 0 Å². The summed E-state index contributed by atoms with van der Waals surface area (Å²) in [6.07, 6.45) is 1.46. The zero-order valence-electron chi connectivity index (χ0n) is 15.8. The lowest BCUT2D eigenvalue weighted by Crippen LogP contribution is -2.31. The summed E-state index contributed by atoms with van der Waals surface area (Å²) in [7, 11) is 0. The van der Waals surface area contributed by atoms with E-state index < -0.39 is 0 Å². The van der Waals surface area contributed by atoms with Gasteiger partial charge in [-0.1, -0.05) is 36.4 Å². The van der Waals surface area contributed by atoms with Crippen molar-refractivity contribution in [1.82, 2.24) is 5.32 Å². The highest BCUT2D eigenvalue weighted by atomic mass is 16.5. The molecule has 0 saturated heterocycles. The standard InChI is InChI=1S/C22H21N3O3/c1-3-27-21-12-17(11-18(13-23)14-24)9-10-20(21)28-15-22(26)25-16(2)19-7-5-4-6-8-19/h4-12,16H,3,15H2,1-2H3,(H,25,26). The number of rotatable bonds is 8. The maximum atomic E-state index is 12.2. The molecule has 28 heavy (non-hydrogen) atoms. The van der Waals surface area contributed by atoms with Crippen molar-refractivity contribution < 1.29 is 14.3 Å². The Morgan fingerprint density at radius 3 is 2.46 bits per heavy atom. The summed E-state index contributed by atoms with van der Waals surface area (Å²) in [5.41, 5.74) is 1.63. The fraction of sp³-hybridized carbons (Fsp3) is 0.227. The van der Waals surface area contributed by atoms with Crippen LogP contribution in [0.2, 0.25) is 0 Å². The molecule has 2 aromatic rings. The Morgan fingerprint density at radius 1 is 1.11 bits per heavy atom. The lowest BCUT2D eigenvalue weighted by Gasteiger charge is -2.16. The van der Waals surface area contributed by atoms with Gasteiger partial charge in [0.05, 0.1) is 12.6 Å². The number of carbonyl (C=O) groups excluding carboxylic acids is 1. The van der Waals surface area contributed by atoms with Gasteiger partial charge < -0.3 is 14.8 Å². The number of hydrogen-bond acceptors (Lipinski definition) is 5. The molecule has 1 amide bonds. The maximum Gasteiger partial charge on any atom is 0.258 e. The van der Waals surface area contributed by atoms with E-state index in [0.29, 0.717) is 23.7 Å². The number of nitrogens with one attached hydrogen (secondary N) is 1. The van der Waals surface area contributed by atoms with Crippen LogP contribution < -0.4 is 14.8 Å². The lowest BCUT2D eigenvalue weighted by molar-refractivity contribution is -0.123. The zero-order valence-corrected chi connectivity index (χ0v) is 15.8. The smallest absolute Gasteiger partial charge is 0.258 e. The van der Waals surface area contributed by atoms with Crippen LogP contribution in [-0.2, 0) is 4.79 Å². The lowest BCUT2D eigenvalue weighted by atomic mass is 10.1. The van der Waals surface area contributed by atoms with Crippen molar-refractivity contribution in [3.05, 3.63) is 65.2 Å².